The number of esters is 2. The lowest BCUT2D eigenvalue weighted by Crippen LogP contribution is -2.48. The maximum Gasteiger partial charge on any atom is 0.324 e. The molecular formula is C18H20O5. The number of methoxy groups -OCH3 is 2. The van der Waals surface area contributed by atoms with E-state index in [0.717, 1.165) is 5.56 Å². The first-order valence-electron chi connectivity index (χ1n) is 7.32. The van der Waals surface area contributed by atoms with Crippen molar-refractivity contribution in [1.82, 2.24) is 0 Å². The highest BCUT2D eigenvalue weighted by Gasteiger charge is 2.59. The third-order valence-corrected chi connectivity index (χ3v) is 4.39. The van der Waals surface area contributed by atoms with Gasteiger partial charge in [0.25, 0.3) is 0 Å². The first-order chi connectivity index (χ1) is 10.9. The summed E-state index contributed by atoms with van der Waals surface area (Å²) in [7, 11) is 2.40. The Morgan fingerprint density at radius 1 is 1.00 bits per heavy atom. The third kappa shape index (κ3) is 2.67. The summed E-state index contributed by atoms with van der Waals surface area (Å²) in [5, 5.41) is 0. The first-order valence-corrected chi connectivity index (χ1v) is 7.32. The van der Waals surface area contributed by atoms with Crippen molar-refractivity contribution in [2.24, 2.45) is 11.3 Å². The fourth-order valence-electron chi connectivity index (χ4n) is 3.11. The Balaban J connectivity index is 2.52. The molecule has 122 valence electrons. The molecule has 1 aromatic carbocycles. The van der Waals surface area contributed by atoms with Crippen LogP contribution in [-0.4, -0.2) is 31.9 Å². The van der Waals surface area contributed by atoms with Crippen LogP contribution < -0.4 is 0 Å². The van der Waals surface area contributed by atoms with E-state index >= 15 is 0 Å². The number of ketones is 1. The van der Waals surface area contributed by atoms with Gasteiger partial charge in [0.1, 0.15) is 0 Å². The zero-order valence-electron chi connectivity index (χ0n) is 13.7. The third-order valence-electron chi connectivity index (χ3n) is 4.39. The second-order valence-corrected chi connectivity index (χ2v) is 5.77. The lowest BCUT2D eigenvalue weighted by molar-refractivity contribution is -0.170. The molecule has 0 heterocycles. The van der Waals surface area contributed by atoms with Crippen LogP contribution in [0.1, 0.15) is 29.3 Å². The minimum atomic E-state index is -1.64. The topological polar surface area (TPSA) is 69.7 Å². The van der Waals surface area contributed by atoms with Gasteiger partial charge in [-0.15, -0.1) is 0 Å². The van der Waals surface area contributed by atoms with Crippen LogP contribution >= 0.6 is 0 Å². The summed E-state index contributed by atoms with van der Waals surface area (Å²) < 4.78 is 9.64. The fourth-order valence-corrected chi connectivity index (χ4v) is 3.11. The number of rotatable bonds is 4. The molecule has 1 aliphatic carbocycles. The largest absolute Gasteiger partial charge is 0.468 e. The standard InChI is InChI=1S/C18H20O5/c1-11-5-7-13(8-6-11)15(19)14-12(2)9-10-18(14,16(20)22-3)17(21)23-4/h5-9,14H,10H2,1-4H3/t14-/m0/s1. The average molecular weight is 316 g/mol. The molecule has 1 aliphatic rings. The second-order valence-electron chi connectivity index (χ2n) is 5.77. The van der Waals surface area contributed by atoms with E-state index in [2.05, 4.69) is 0 Å². The van der Waals surface area contributed by atoms with Gasteiger partial charge in [0.15, 0.2) is 11.2 Å². The number of aryl methyl sites for hydroxylation is 1. The molecule has 0 fully saturated rings. The molecule has 0 aromatic heterocycles. The van der Waals surface area contributed by atoms with Gasteiger partial charge in [-0.1, -0.05) is 41.5 Å². The van der Waals surface area contributed by atoms with Gasteiger partial charge in [0, 0.05) is 5.56 Å². The van der Waals surface area contributed by atoms with E-state index in [1.807, 2.05) is 19.1 Å². The lowest BCUT2D eigenvalue weighted by Gasteiger charge is -2.30. The van der Waals surface area contributed by atoms with Crippen molar-refractivity contribution < 1.29 is 23.9 Å². The highest BCUT2D eigenvalue weighted by molar-refractivity contribution is 6.11. The van der Waals surface area contributed by atoms with E-state index in [0.29, 0.717) is 11.1 Å². The van der Waals surface area contributed by atoms with E-state index in [9.17, 15) is 14.4 Å². The summed E-state index contributed by atoms with van der Waals surface area (Å²) in [6, 6.07) is 7.03. The summed E-state index contributed by atoms with van der Waals surface area (Å²) in [6.45, 7) is 3.66. The minimum absolute atomic E-state index is 0.0977. The molecule has 1 atom stereocenters. The Kier molecular flexibility index (Phi) is 4.68. The molecule has 23 heavy (non-hydrogen) atoms. The smallest absolute Gasteiger partial charge is 0.324 e. The lowest BCUT2D eigenvalue weighted by atomic mass is 9.71. The van der Waals surface area contributed by atoms with Crippen molar-refractivity contribution in [2.45, 2.75) is 20.3 Å². The number of benzene rings is 1. The maximum absolute atomic E-state index is 13.0. The van der Waals surface area contributed by atoms with Crippen LogP contribution in [0.4, 0.5) is 0 Å². The Morgan fingerprint density at radius 3 is 2.00 bits per heavy atom. The van der Waals surface area contributed by atoms with Crippen LogP contribution in [-0.2, 0) is 19.1 Å². The summed E-state index contributed by atoms with van der Waals surface area (Å²) in [5.74, 6) is -2.69. The molecule has 0 radical (unpaired) electrons. The van der Waals surface area contributed by atoms with Crippen LogP contribution in [0.5, 0.6) is 0 Å². The van der Waals surface area contributed by atoms with Crippen LogP contribution in [0.25, 0.3) is 0 Å². The number of allylic oxidation sites excluding steroid dienone is 2. The molecule has 0 aliphatic heterocycles. The minimum Gasteiger partial charge on any atom is -0.468 e. The molecule has 0 unspecified atom stereocenters. The van der Waals surface area contributed by atoms with Crippen LogP contribution in [0.2, 0.25) is 0 Å². The number of hydrogen-bond donors (Lipinski definition) is 0. The number of carbonyl (C=O) groups excluding carboxylic acids is 3. The van der Waals surface area contributed by atoms with Gasteiger partial charge < -0.3 is 9.47 Å². The van der Waals surface area contributed by atoms with Crippen molar-refractivity contribution in [3.8, 4) is 0 Å². The number of Topliss-reactive ketones (excluding diaryl/α,β-unsaturated/α-hetero) is 1. The van der Waals surface area contributed by atoms with Gasteiger partial charge in [-0.2, -0.15) is 0 Å². The van der Waals surface area contributed by atoms with E-state index in [1.54, 1.807) is 25.1 Å². The van der Waals surface area contributed by atoms with Gasteiger partial charge >= 0.3 is 11.9 Å². The summed E-state index contributed by atoms with van der Waals surface area (Å²) >= 11 is 0. The molecular weight excluding hydrogens is 296 g/mol. The Morgan fingerprint density at radius 2 is 1.52 bits per heavy atom. The zero-order chi connectivity index (χ0) is 17.2. The molecule has 0 spiro atoms. The van der Waals surface area contributed by atoms with Gasteiger partial charge in [-0.25, -0.2) is 0 Å². The second kappa shape index (κ2) is 6.36. The van der Waals surface area contributed by atoms with Crippen molar-refractivity contribution in [3.05, 3.63) is 47.0 Å². The van der Waals surface area contributed by atoms with E-state index in [-0.39, 0.29) is 12.2 Å². The number of carbonyl (C=O) groups is 3. The Bertz CT molecular complexity index is 653. The van der Waals surface area contributed by atoms with Gasteiger partial charge in [-0.3, -0.25) is 14.4 Å². The molecule has 0 saturated heterocycles. The van der Waals surface area contributed by atoms with Crippen molar-refractivity contribution in [3.63, 3.8) is 0 Å². The van der Waals surface area contributed by atoms with Crippen molar-refractivity contribution in [1.29, 1.82) is 0 Å². The molecule has 5 nitrogen and oxygen atoms in total. The Hall–Kier alpha value is -2.43. The van der Waals surface area contributed by atoms with Gasteiger partial charge in [0.2, 0.25) is 0 Å². The first kappa shape index (κ1) is 16.9. The highest BCUT2D eigenvalue weighted by atomic mass is 16.5. The molecule has 0 N–H and O–H groups in total. The predicted molar refractivity (Wildman–Crippen MR) is 83.8 cm³/mol. The van der Waals surface area contributed by atoms with E-state index < -0.39 is 23.3 Å². The molecule has 5 heteroatoms. The molecule has 0 saturated carbocycles. The van der Waals surface area contributed by atoms with E-state index in [1.165, 1.54) is 14.2 Å². The average Bonchev–Trinajstić information content (AvgIpc) is 2.91. The predicted octanol–water partition coefficient (Wildman–Crippen LogP) is 2.48. The maximum atomic E-state index is 13.0. The fraction of sp³-hybridized carbons (Fsp3) is 0.389. The Labute approximate surface area is 135 Å². The van der Waals surface area contributed by atoms with Crippen LogP contribution in [0.15, 0.2) is 35.9 Å². The molecule has 2 rings (SSSR count). The van der Waals surface area contributed by atoms with Crippen LogP contribution in [0, 0.1) is 18.3 Å². The highest BCUT2D eigenvalue weighted by Crippen LogP contribution is 2.46. The summed E-state index contributed by atoms with van der Waals surface area (Å²) in [5.41, 5.74) is 0.501. The van der Waals surface area contributed by atoms with Gasteiger partial charge in [0.05, 0.1) is 20.1 Å². The molecule has 0 amide bonds. The molecule has 1 aromatic rings. The van der Waals surface area contributed by atoms with Crippen LogP contribution in [0.3, 0.4) is 0 Å². The number of ether oxygens (including phenoxy) is 2. The van der Waals surface area contributed by atoms with Gasteiger partial charge in [-0.05, 0) is 20.3 Å². The SMILES string of the molecule is COC(=O)C1(C(=O)OC)CC=C(C)[C@H]1C(=O)c1ccc(C)cc1. The quantitative estimate of drug-likeness (QED) is 0.369. The van der Waals surface area contributed by atoms with E-state index in [4.69, 9.17) is 9.47 Å². The van der Waals surface area contributed by atoms with Crippen molar-refractivity contribution in [2.75, 3.05) is 14.2 Å². The van der Waals surface area contributed by atoms with Crippen molar-refractivity contribution >= 4 is 17.7 Å². The summed E-state index contributed by atoms with van der Waals surface area (Å²) in [4.78, 5) is 37.7. The summed E-state index contributed by atoms with van der Waals surface area (Å²) in [6.07, 6.45) is 1.82. The molecule has 0 bridgehead atoms. The monoisotopic (exact) mass is 316 g/mol. The number of hydrogen-bond acceptors (Lipinski definition) is 5. The normalized spacial score (nSPS) is 19.0. The zero-order valence-corrected chi connectivity index (χ0v) is 13.7.